The van der Waals surface area contributed by atoms with Crippen molar-refractivity contribution in [2.45, 2.75) is 0 Å². The summed E-state index contributed by atoms with van der Waals surface area (Å²) in [5.41, 5.74) is 6.47. The standard InChI is InChI=1S/C13H9N5O2/c14-13-12(18(19)20)11(15-7-16-13)10-6-5-8-3-1-2-4-9(8)17-10/h1-7H,(H2,14,15,16). The highest BCUT2D eigenvalue weighted by atomic mass is 16.6. The van der Waals surface area contributed by atoms with Crippen LogP contribution in [0.15, 0.2) is 42.7 Å². The number of pyridine rings is 1. The van der Waals surface area contributed by atoms with Crippen molar-refractivity contribution < 1.29 is 4.92 Å². The first-order valence-corrected chi connectivity index (χ1v) is 5.78. The van der Waals surface area contributed by atoms with Gasteiger partial charge < -0.3 is 5.73 Å². The van der Waals surface area contributed by atoms with Crippen LogP contribution < -0.4 is 5.73 Å². The van der Waals surface area contributed by atoms with Crippen LogP contribution in [-0.2, 0) is 0 Å². The van der Waals surface area contributed by atoms with Crippen LogP contribution in [0.1, 0.15) is 0 Å². The van der Waals surface area contributed by atoms with Crippen LogP contribution in [0.5, 0.6) is 0 Å². The van der Waals surface area contributed by atoms with E-state index in [1.165, 1.54) is 6.33 Å². The third-order valence-corrected chi connectivity index (χ3v) is 2.87. The van der Waals surface area contributed by atoms with Gasteiger partial charge in [-0.05, 0) is 12.1 Å². The van der Waals surface area contributed by atoms with Crippen molar-refractivity contribution in [1.82, 2.24) is 15.0 Å². The molecular formula is C13H9N5O2. The maximum atomic E-state index is 11.1. The number of nitro groups is 1. The van der Waals surface area contributed by atoms with Crippen molar-refractivity contribution >= 4 is 22.4 Å². The Morgan fingerprint density at radius 1 is 1.10 bits per heavy atom. The van der Waals surface area contributed by atoms with E-state index in [0.29, 0.717) is 5.69 Å². The van der Waals surface area contributed by atoms with Gasteiger partial charge in [-0.25, -0.2) is 15.0 Å². The molecule has 1 aromatic carbocycles. The normalized spacial score (nSPS) is 10.6. The molecule has 3 rings (SSSR count). The van der Waals surface area contributed by atoms with E-state index in [2.05, 4.69) is 15.0 Å². The first kappa shape index (κ1) is 12.0. The lowest BCUT2D eigenvalue weighted by Gasteiger charge is -2.04. The Bertz CT molecular complexity index is 819. The van der Waals surface area contributed by atoms with E-state index in [0.717, 1.165) is 10.9 Å². The number of aromatic nitrogens is 3. The number of para-hydroxylation sites is 1. The molecule has 98 valence electrons. The van der Waals surface area contributed by atoms with Crippen molar-refractivity contribution in [3.8, 4) is 11.4 Å². The lowest BCUT2D eigenvalue weighted by Crippen LogP contribution is -2.03. The summed E-state index contributed by atoms with van der Waals surface area (Å²) in [5, 5.41) is 12.0. The number of benzene rings is 1. The van der Waals surface area contributed by atoms with Gasteiger partial charge in [0.2, 0.25) is 5.82 Å². The van der Waals surface area contributed by atoms with Crippen molar-refractivity contribution in [3.63, 3.8) is 0 Å². The topological polar surface area (TPSA) is 108 Å². The summed E-state index contributed by atoms with van der Waals surface area (Å²) in [4.78, 5) is 22.5. The third-order valence-electron chi connectivity index (χ3n) is 2.87. The number of rotatable bonds is 2. The number of hydrogen-bond donors (Lipinski definition) is 1. The molecule has 0 aliphatic heterocycles. The Balaban J connectivity index is 2.25. The molecule has 7 heteroatoms. The first-order valence-electron chi connectivity index (χ1n) is 5.78. The monoisotopic (exact) mass is 267 g/mol. The van der Waals surface area contributed by atoms with Gasteiger partial charge in [-0.2, -0.15) is 0 Å². The fourth-order valence-corrected chi connectivity index (χ4v) is 1.96. The minimum absolute atomic E-state index is 0.119. The first-order chi connectivity index (χ1) is 9.66. The second kappa shape index (κ2) is 4.54. The highest BCUT2D eigenvalue weighted by Crippen LogP contribution is 2.30. The lowest BCUT2D eigenvalue weighted by atomic mass is 10.1. The summed E-state index contributed by atoms with van der Waals surface area (Å²) >= 11 is 0. The Hall–Kier alpha value is -3.09. The lowest BCUT2D eigenvalue weighted by molar-refractivity contribution is -0.383. The number of anilines is 1. The van der Waals surface area contributed by atoms with Gasteiger partial charge in [0.25, 0.3) is 0 Å². The zero-order chi connectivity index (χ0) is 14.1. The van der Waals surface area contributed by atoms with Gasteiger partial charge in [-0.15, -0.1) is 0 Å². The second-order valence-electron chi connectivity index (χ2n) is 4.10. The van der Waals surface area contributed by atoms with Crippen LogP contribution in [0.2, 0.25) is 0 Å². The Morgan fingerprint density at radius 2 is 1.90 bits per heavy atom. The van der Waals surface area contributed by atoms with Gasteiger partial charge in [-0.3, -0.25) is 10.1 Å². The van der Waals surface area contributed by atoms with E-state index in [1.54, 1.807) is 6.07 Å². The van der Waals surface area contributed by atoms with E-state index in [9.17, 15) is 10.1 Å². The van der Waals surface area contributed by atoms with Crippen LogP contribution in [-0.4, -0.2) is 19.9 Å². The summed E-state index contributed by atoms with van der Waals surface area (Å²) in [6, 6.07) is 11.0. The average Bonchev–Trinajstić information content (AvgIpc) is 2.46. The average molecular weight is 267 g/mol. The van der Waals surface area contributed by atoms with Crippen molar-refractivity contribution in [2.24, 2.45) is 0 Å². The largest absolute Gasteiger partial charge is 0.378 e. The quantitative estimate of drug-likeness (QED) is 0.563. The molecule has 0 saturated heterocycles. The predicted octanol–water partition coefficient (Wildman–Crippen LogP) is 2.18. The number of nitrogens with zero attached hydrogens (tertiary/aromatic N) is 4. The SMILES string of the molecule is Nc1ncnc(-c2ccc3ccccc3n2)c1[N+](=O)[O-]. The van der Waals surface area contributed by atoms with Crippen LogP contribution in [0.25, 0.3) is 22.3 Å². The van der Waals surface area contributed by atoms with Gasteiger partial charge in [0, 0.05) is 5.39 Å². The van der Waals surface area contributed by atoms with Gasteiger partial charge in [0.1, 0.15) is 6.33 Å². The van der Waals surface area contributed by atoms with Gasteiger partial charge in [0.05, 0.1) is 16.1 Å². The summed E-state index contributed by atoms with van der Waals surface area (Å²) in [6.45, 7) is 0. The molecule has 20 heavy (non-hydrogen) atoms. The van der Waals surface area contributed by atoms with Crippen molar-refractivity contribution in [2.75, 3.05) is 5.73 Å². The summed E-state index contributed by atoms with van der Waals surface area (Å²) < 4.78 is 0. The Labute approximate surface area is 113 Å². The number of nitrogen functional groups attached to an aromatic ring is 1. The van der Waals surface area contributed by atoms with E-state index < -0.39 is 4.92 Å². The fraction of sp³-hybridized carbons (Fsp3) is 0. The minimum Gasteiger partial charge on any atom is -0.378 e. The van der Waals surface area contributed by atoms with Gasteiger partial charge in [0.15, 0.2) is 5.69 Å². The molecule has 0 spiro atoms. The molecule has 7 nitrogen and oxygen atoms in total. The summed E-state index contributed by atoms with van der Waals surface area (Å²) in [7, 11) is 0. The van der Waals surface area contributed by atoms with E-state index >= 15 is 0 Å². The molecular weight excluding hydrogens is 258 g/mol. The molecule has 0 aliphatic carbocycles. The molecule has 2 heterocycles. The highest BCUT2D eigenvalue weighted by Gasteiger charge is 2.22. The van der Waals surface area contributed by atoms with E-state index in [-0.39, 0.29) is 17.2 Å². The van der Waals surface area contributed by atoms with Gasteiger partial charge >= 0.3 is 5.69 Å². The fourth-order valence-electron chi connectivity index (χ4n) is 1.96. The maximum Gasteiger partial charge on any atom is 0.338 e. The van der Waals surface area contributed by atoms with Crippen molar-refractivity contribution in [3.05, 3.63) is 52.8 Å². The Kier molecular flexibility index (Phi) is 2.72. The number of hydrogen-bond acceptors (Lipinski definition) is 6. The molecule has 0 atom stereocenters. The zero-order valence-electron chi connectivity index (χ0n) is 10.2. The molecule has 3 aromatic rings. The Morgan fingerprint density at radius 3 is 2.70 bits per heavy atom. The summed E-state index contributed by atoms with van der Waals surface area (Å²) in [6.07, 6.45) is 1.19. The minimum atomic E-state index is -0.596. The molecule has 0 unspecified atom stereocenters. The van der Waals surface area contributed by atoms with Crippen molar-refractivity contribution in [1.29, 1.82) is 0 Å². The van der Waals surface area contributed by atoms with E-state index in [4.69, 9.17) is 5.73 Å². The second-order valence-corrected chi connectivity index (χ2v) is 4.10. The number of fused-ring (bicyclic) bond motifs is 1. The molecule has 0 radical (unpaired) electrons. The summed E-state index contributed by atoms with van der Waals surface area (Å²) in [5.74, 6) is -0.171. The molecule has 2 N–H and O–H groups in total. The smallest absolute Gasteiger partial charge is 0.338 e. The molecule has 2 aromatic heterocycles. The molecule has 0 amide bonds. The zero-order valence-corrected chi connectivity index (χ0v) is 10.2. The molecule has 0 aliphatic rings. The van der Waals surface area contributed by atoms with Crippen LogP contribution in [0, 0.1) is 10.1 Å². The molecule has 0 bridgehead atoms. The van der Waals surface area contributed by atoms with Crippen LogP contribution in [0.4, 0.5) is 11.5 Å². The maximum absolute atomic E-state index is 11.1. The number of nitrogens with two attached hydrogens (primary N) is 1. The highest BCUT2D eigenvalue weighted by molar-refractivity contribution is 5.83. The van der Waals surface area contributed by atoms with Gasteiger partial charge in [-0.1, -0.05) is 24.3 Å². The predicted molar refractivity (Wildman–Crippen MR) is 73.8 cm³/mol. The van der Waals surface area contributed by atoms with Crippen LogP contribution in [0.3, 0.4) is 0 Å². The third kappa shape index (κ3) is 1.91. The van der Waals surface area contributed by atoms with Crippen LogP contribution >= 0.6 is 0 Å². The molecule has 0 fully saturated rings. The molecule has 0 saturated carbocycles. The van der Waals surface area contributed by atoms with E-state index in [1.807, 2.05) is 30.3 Å².